The van der Waals surface area contributed by atoms with Crippen LogP contribution >= 0.6 is 0 Å². The van der Waals surface area contributed by atoms with E-state index in [1.54, 1.807) is 0 Å². The quantitative estimate of drug-likeness (QED) is 0.248. The minimum absolute atomic E-state index is 0.224. The minimum atomic E-state index is -0.361. The van der Waals surface area contributed by atoms with Crippen LogP contribution in [0.4, 0.5) is 0 Å². The average Bonchev–Trinajstić information content (AvgIpc) is 2.99. The van der Waals surface area contributed by atoms with E-state index in [0.717, 1.165) is 26.2 Å². The van der Waals surface area contributed by atoms with Crippen molar-refractivity contribution >= 4 is 9.76 Å². The highest BCUT2D eigenvalue weighted by Crippen LogP contribution is 2.08. The Morgan fingerprint density at radius 1 is 1.71 bits per heavy atom. The Hall–Kier alpha value is -0.163. The molecule has 2 atom stereocenters. The van der Waals surface area contributed by atoms with Gasteiger partial charge in [0.1, 0.15) is 6.10 Å². The van der Waals surface area contributed by atoms with E-state index in [1.807, 2.05) is 13.0 Å². The first-order chi connectivity index (χ1) is 6.83. The molecule has 0 spiro atoms. The van der Waals surface area contributed by atoms with E-state index in [0.29, 0.717) is 6.10 Å². The lowest BCUT2D eigenvalue weighted by Gasteiger charge is -2.07. The average molecular weight is 216 g/mol. The summed E-state index contributed by atoms with van der Waals surface area (Å²) in [7, 11) is -0.361. The lowest BCUT2D eigenvalue weighted by atomic mass is 10.4. The van der Waals surface area contributed by atoms with Gasteiger partial charge in [-0.3, -0.25) is 0 Å². The molecule has 1 aliphatic heterocycles. The third kappa shape index (κ3) is 6.31. The minimum Gasteiger partial charge on any atom is -0.418 e. The Morgan fingerprint density at radius 2 is 2.50 bits per heavy atom. The van der Waals surface area contributed by atoms with Crippen molar-refractivity contribution in [3.63, 3.8) is 0 Å². The Morgan fingerprint density at radius 3 is 3.14 bits per heavy atom. The number of epoxide rings is 1. The zero-order valence-corrected chi connectivity index (χ0v) is 10.3. The molecule has 0 aromatic carbocycles. The maximum Gasteiger partial charge on any atom is 0.162 e. The Bertz CT molecular complexity index is 159. The standard InChI is InChI=1S/C10H20O3Si/c1-3-9(2)13-14-6-4-5-11-7-10-8-12-10/h3,9-10H,1,4-8,14H2,2H3. The first-order valence-electron chi connectivity index (χ1n) is 5.26. The van der Waals surface area contributed by atoms with Crippen LogP contribution in [-0.2, 0) is 13.9 Å². The molecule has 1 rings (SSSR count). The highest BCUT2D eigenvalue weighted by molar-refractivity contribution is 6.27. The smallest absolute Gasteiger partial charge is 0.162 e. The first kappa shape index (κ1) is 11.9. The van der Waals surface area contributed by atoms with E-state index in [2.05, 4.69) is 6.58 Å². The lowest BCUT2D eigenvalue weighted by Crippen LogP contribution is -2.09. The van der Waals surface area contributed by atoms with Crippen molar-refractivity contribution in [3.8, 4) is 0 Å². The van der Waals surface area contributed by atoms with Crippen LogP contribution in [0.2, 0.25) is 6.04 Å². The predicted octanol–water partition coefficient (Wildman–Crippen LogP) is 0.885. The molecule has 2 unspecified atom stereocenters. The number of ether oxygens (including phenoxy) is 2. The molecule has 0 bridgehead atoms. The second kappa shape index (κ2) is 7.17. The van der Waals surface area contributed by atoms with E-state index in [1.165, 1.54) is 6.04 Å². The van der Waals surface area contributed by atoms with Crippen LogP contribution in [0.3, 0.4) is 0 Å². The molecule has 14 heavy (non-hydrogen) atoms. The summed E-state index contributed by atoms with van der Waals surface area (Å²) in [6.07, 6.45) is 3.57. The van der Waals surface area contributed by atoms with Crippen LogP contribution in [-0.4, -0.2) is 41.8 Å². The van der Waals surface area contributed by atoms with Crippen molar-refractivity contribution in [3.05, 3.63) is 12.7 Å². The molecule has 0 aromatic rings. The van der Waals surface area contributed by atoms with Gasteiger partial charge in [-0.15, -0.1) is 6.58 Å². The summed E-state index contributed by atoms with van der Waals surface area (Å²) < 4.78 is 16.0. The van der Waals surface area contributed by atoms with Crippen molar-refractivity contribution in [2.75, 3.05) is 19.8 Å². The van der Waals surface area contributed by atoms with Crippen molar-refractivity contribution in [2.24, 2.45) is 0 Å². The van der Waals surface area contributed by atoms with Gasteiger partial charge >= 0.3 is 0 Å². The van der Waals surface area contributed by atoms with E-state index in [9.17, 15) is 0 Å². The van der Waals surface area contributed by atoms with Gasteiger partial charge in [-0.25, -0.2) is 0 Å². The lowest BCUT2D eigenvalue weighted by molar-refractivity contribution is 0.116. The largest absolute Gasteiger partial charge is 0.418 e. The molecule has 0 N–H and O–H groups in total. The topological polar surface area (TPSA) is 31.0 Å². The molecular weight excluding hydrogens is 196 g/mol. The van der Waals surface area contributed by atoms with Crippen LogP contribution in [0.5, 0.6) is 0 Å². The van der Waals surface area contributed by atoms with Crippen molar-refractivity contribution in [2.45, 2.75) is 31.6 Å². The molecule has 4 heteroatoms. The van der Waals surface area contributed by atoms with Crippen LogP contribution in [0.25, 0.3) is 0 Å². The second-order valence-corrected chi connectivity index (χ2v) is 5.00. The molecule has 0 aliphatic carbocycles. The summed E-state index contributed by atoms with van der Waals surface area (Å²) in [5, 5.41) is 0. The Kier molecular flexibility index (Phi) is 6.10. The molecule has 3 nitrogen and oxygen atoms in total. The fourth-order valence-electron chi connectivity index (χ4n) is 1.02. The van der Waals surface area contributed by atoms with Crippen LogP contribution in [0.1, 0.15) is 13.3 Å². The zero-order valence-electron chi connectivity index (χ0n) is 8.91. The normalized spacial score (nSPS) is 22.8. The Balaban J connectivity index is 1.72. The molecule has 1 heterocycles. The number of hydrogen-bond acceptors (Lipinski definition) is 3. The van der Waals surface area contributed by atoms with Gasteiger partial charge in [0.05, 0.1) is 19.3 Å². The number of hydrogen-bond donors (Lipinski definition) is 0. The molecule has 0 radical (unpaired) electrons. The predicted molar refractivity (Wildman–Crippen MR) is 59.3 cm³/mol. The highest BCUT2D eigenvalue weighted by atomic mass is 28.2. The summed E-state index contributed by atoms with van der Waals surface area (Å²) >= 11 is 0. The van der Waals surface area contributed by atoms with Gasteiger partial charge in [-0.1, -0.05) is 6.08 Å². The van der Waals surface area contributed by atoms with Crippen molar-refractivity contribution in [1.29, 1.82) is 0 Å². The van der Waals surface area contributed by atoms with Gasteiger partial charge in [0.2, 0.25) is 0 Å². The maximum absolute atomic E-state index is 5.57. The van der Waals surface area contributed by atoms with Crippen molar-refractivity contribution in [1.82, 2.24) is 0 Å². The molecule has 1 aliphatic rings. The number of rotatable bonds is 9. The van der Waals surface area contributed by atoms with Gasteiger partial charge < -0.3 is 13.9 Å². The summed E-state index contributed by atoms with van der Waals surface area (Å²) in [4.78, 5) is 0. The molecule has 0 amide bonds. The Labute approximate surface area is 88.4 Å². The van der Waals surface area contributed by atoms with E-state index in [4.69, 9.17) is 13.9 Å². The summed E-state index contributed by atoms with van der Waals surface area (Å²) in [6.45, 7) is 8.20. The van der Waals surface area contributed by atoms with Gasteiger partial charge in [0, 0.05) is 6.61 Å². The fraction of sp³-hybridized carbons (Fsp3) is 0.800. The summed E-state index contributed by atoms with van der Waals surface area (Å²) in [5.41, 5.74) is 0. The fourth-order valence-corrected chi connectivity index (χ4v) is 2.11. The molecule has 1 saturated heterocycles. The maximum atomic E-state index is 5.57. The van der Waals surface area contributed by atoms with Gasteiger partial charge in [0.25, 0.3) is 0 Å². The van der Waals surface area contributed by atoms with E-state index >= 15 is 0 Å². The SMILES string of the molecule is C=CC(C)O[SiH2]CCCOCC1CO1. The van der Waals surface area contributed by atoms with Crippen LogP contribution in [0.15, 0.2) is 12.7 Å². The van der Waals surface area contributed by atoms with E-state index in [-0.39, 0.29) is 15.9 Å². The molecule has 82 valence electrons. The zero-order chi connectivity index (χ0) is 10.2. The highest BCUT2D eigenvalue weighted by Gasteiger charge is 2.21. The summed E-state index contributed by atoms with van der Waals surface area (Å²) in [6, 6.07) is 1.18. The third-order valence-electron chi connectivity index (χ3n) is 2.10. The first-order valence-corrected chi connectivity index (χ1v) is 6.84. The molecule has 1 fully saturated rings. The van der Waals surface area contributed by atoms with Crippen LogP contribution < -0.4 is 0 Å². The van der Waals surface area contributed by atoms with E-state index < -0.39 is 0 Å². The molecule has 0 saturated carbocycles. The van der Waals surface area contributed by atoms with Crippen LogP contribution in [0, 0.1) is 0 Å². The van der Waals surface area contributed by atoms with Gasteiger partial charge in [-0.05, 0) is 19.4 Å². The third-order valence-corrected chi connectivity index (χ3v) is 3.65. The second-order valence-electron chi connectivity index (χ2n) is 3.55. The molecular formula is C10H20O3Si. The van der Waals surface area contributed by atoms with Gasteiger partial charge in [0.15, 0.2) is 9.76 Å². The summed E-state index contributed by atoms with van der Waals surface area (Å²) in [5.74, 6) is 0. The van der Waals surface area contributed by atoms with Crippen molar-refractivity contribution < 1.29 is 13.9 Å². The monoisotopic (exact) mass is 216 g/mol. The van der Waals surface area contributed by atoms with Gasteiger partial charge in [-0.2, -0.15) is 0 Å². The molecule has 0 aromatic heterocycles.